The molecule has 0 N–H and O–H groups in total. The molecule has 0 heterocycles. The predicted octanol–water partition coefficient (Wildman–Crippen LogP) is 2.57. The monoisotopic (exact) mass is 275 g/mol. The molecule has 1 rings (SSSR count). The Hall–Kier alpha value is 0.519. The van der Waals surface area contributed by atoms with Gasteiger partial charge in [0.15, 0.2) is 0 Å². The van der Waals surface area contributed by atoms with Crippen molar-refractivity contribution >= 4 is 25.9 Å². The Kier molecular flexibility index (Phi) is 5.77. The summed E-state index contributed by atoms with van der Waals surface area (Å²) in [5.41, 5.74) is 1.34. The van der Waals surface area contributed by atoms with Gasteiger partial charge in [-0.05, 0) is 11.6 Å². The summed E-state index contributed by atoms with van der Waals surface area (Å²) in [6, 6.07) is 8.58. The molecule has 0 aromatic heterocycles. The van der Waals surface area contributed by atoms with Gasteiger partial charge < -0.3 is 12.6 Å². The summed E-state index contributed by atoms with van der Waals surface area (Å²) >= 11 is 5.47. The maximum atomic E-state index is 5.47. The van der Waals surface area contributed by atoms with E-state index >= 15 is 0 Å². The van der Waals surface area contributed by atoms with Gasteiger partial charge in [-0.1, -0.05) is 32.0 Å². The number of rotatable bonds is 2. The molecule has 0 bridgehead atoms. The van der Waals surface area contributed by atoms with Crippen molar-refractivity contribution < 1.29 is 17.1 Å². The van der Waals surface area contributed by atoms with Gasteiger partial charge in [0.05, 0.1) is 18.6 Å². The van der Waals surface area contributed by atoms with Crippen LogP contribution in [-0.2, 0) is 34.4 Å². The topological polar surface area (TPSA) is 0 Å². The molecule has 3 heteroatoms. The minimum atomic E-state index is -0.391. The fraction of sp³-hybridized carbons (Fsp3) is 0.455. The van der Waals surface area contributed by atoms with Gasteiger partial charge in [-0.15, -0.1) is 4.75 Å². The standard InChI is InChI=1S/C11H17PS.Cu/c1-11(2,13)9-7-5-6-8-10(9)12(3)4;/h5-8,13H,1-4H3;/q;+1. The van der Waals surface area contributed by atoms with Gasteiger partial charge in [-0.2, -0.15) is 0 Å². The molecule has 1 aromatic carbocycles. The first kappa shape index (κ1) is 14.5. The van der Waals surface area contributed by atoms with E-state index in [0.717, 1.165) is 0 Å². The largest absolute Gasteiger partial charge is 1.00 e. The average Bonchev–Trinajstić information content (AvgIpc) is 2.03. The summed E-state index contributed by atoms with van der Waals surface area (Å²) in [6.07, 6.45) is 0. The minimum absolute atomic E-state index is 0. The van der Waals surface area contributed by atoms with Gasteiger partial charge in [-0.25, -0.2) is 0 Å². The van der Waals surface area contributed by atoms with Crippen molar-refractivity contribution in [2.45, 2.75) is 18.6 Å². The molecule has 14 heavy (non-hydrogen) atoms. The molecule has 0 saturated carbocycles. The number of benzene rings is 1. The van der Waals surface area contributed by atoms with E-state index in [9.17, 15) is 0 Å². The third-order valence-electron chi connectivity index (χ3n) is 2.11. The van der Waals surface area contributed by atoms with E-state index in [1.165, 1.54) is 10.9 Å². The zero-order valence-corrected chi connectivity index (χ0v) is 11.8. The Bertz CT molecular complexity index is 292. The van der Waals surface area contributed by atoms with Crippen molar-refractivity contribution in [2.24, 2.45) is 0 Å². The second-order valence-corrected chi connectivity index (χ2v) is 7.62. The molecule has 0 amide bonds. The van der Waals surface area contributed by atoms with Crippen LogP contribution in [0.15, 0.2) is 24.3 Å². The van der Waals surface area contributed by atoms with Gasteiger partial charge in [0.1, 0.15) is 0 Å². The van der Waals surface area contributed by atoms with Crippen LogP contribution in [0.1, 0.15) is 19.4 Å². The Labute approximate surface area is 105 Å². The van der Waals surface area contributed by atoms with E-state index in [-0.39, 0.29) is 21.8 Å². The molecule has 0 saturated heterocycles. The Morgan fingerprint density at radius 3 is 2.00 bits per heavy atom. The summed E-state index contributed by atoms with van der Waals surface area (Å²) in [4.78, 5) is 0. The minimum Gasteiger partial charge on any atom is -0.782 e. The van der Waals surface area contributed by atoms with E-state index in [4.69, 9.17) is 12.6 Å². The smallest absolute Gasteiger partial charge is 0.782 e. The maximum Gasteiger partial charge on any atom is 1.00 e. The fourth-order valence-corrected chi connectivity index (χ4v) is 3.08. The van der Waals surface area contributed by atoms with E-state index < -0.39 is 7.92 Å². The van der Waals surface area contributed by atoms with E-state index in [2.05, 4.69) is 51.4 Å². The summed E-state index contributed by atoms with van der Waals surface area (Å²) in [7, 11) is -0.391. The zero-order valence-electron chi connectivity index (χ0n) is 9.02. The SMILES string of the molecule is C[PH+](C)c1ccccc1C(C)(C)[S-].[Cu+]. The van der Waals surface area contributed by atoms with Crippen LogP contribution in [-0.4, -0.2) is 13.3 Å². The maximum absolute atomic E-state index is 5.47. The van der Waals surface area contributed by atoms with Gasteiger partial charge in [0.25, 0.3) is 0 Å². The number of hydrogen-bond acceptors (Lipinski definition) is 1. The molecule has 0 atom stereocenters. The fourth-order valence-electron chi connectivity index (χ4n) is 1.44. The van der Waals surface area contributed by atoms with E-state index in [0.29, 0.717) is 0 Å². The second-order valence-electron chi connectivity index (χ2n) is 4.06. The van der Waals surface area contributed by atoms with Crippen molar-refractivity contribution in [2.75, 3.05) is 13.3 Å². The van der Waals surface area contributed by atoms with Crippen molar-refractivity contribution in [3.8, 4) is 0 Å². The molecule has 0 aliphatic rings. The number of hydrogen-bond donors (Lipinski definition) is 0. The third kappa shape index (κ3) is 3.59. The van der Waals surface area contributed by atoms with Gasteiger partial charge in [0.2, 0.25) is 0 Å². The van der Waals surface area contributed by atoms with Crippen molar-refractivity contribution in [3.05, 3.63) is 29.8 Å². The van der Waals surface area contributed by atoms with Crippen molar-refractivity contribution in [3.63, 3.8) is 0 Å². The molecular weight excluding hydrogens is 259 g/mol. The van der Waals surface area contributed by atoms with Crippen LogP contribution >= 0.6 is 7.92 Å². The molecule has 82 valence electrons. The average molecular weight is 276 g/mol. The first-order valence-electron chi connectivity index (χ1n) is 4.53. The Balaban J connectivity index is 0.00000169. The Morgan fingerprint density at radius 1 is 1.14 bits per heavy atom. The first-order valence-corrected chi connectivity index (χ1v) is 7.44. The molecule has 0 unspecified atom stereocenters. The van der Waals surface area contributed by atoms with Crippen LogP contribution in [0.4, 0.5) is 0 Å². The van der Waals surface area contributed by atoms with E-state index in [1.54, 1.807) is 0 Å². The van der Waals surface area contributed by atoms with Crippen LogP contribution in [0, 0.1) is 0 Å². The quantitative estimate of drug-likeness (QED) is 0.454. The molecule has 0 aliphatic carbocycles. The molecule has 1 aromatic rings. The van der Waals surface area contributed by atoms with Gasteiger partial charge in [0, 0.05) is 7.92 Å². The summed E-state index contributed by atoms with van der Waals surface area (Å²) in [5.74, 6) is 0. The predicted molar refractivity (Wildman–Crippen MR) is 66.6 cm³/mol. The summed E-state index contributed by atoms with van der Waals surface area (Å²) in [6.45, 7) is 8.83. The summed E-state index contributed by atoms with van der Waals surface area (Å²) in [5, 5.41) is 1.48. The molecule has 0 spiro atoms. The molecule has 0 fully saturated rings. The zero-order chi connectivity index (χ0) is 10.1. The van der Waals surface area contributed by atoms with Crippen LogP contribution in [0.25, 0.3) is 0 Å². The van der Waals surface area contributed by atoms with Crippen LogP contribution in [0.2, 0.25) is 0 Å². The molecule has 0 radical (unpaired) electrons. The first-order chi connectivity index (χ1) is 5.93. The normalized spacial score (nSPS) is 11.3. The van der Waals surface area contributed by atoms with Crippen LogP contribution in [0.5, 0.6) is 0 Å². The van der Waals surface area contributed by atoms with Crippen molar-refractivity contribution in [1.29, 1.82) is 0 Å². The Morgan fingerprint density at radius 2 is 1.64 bits per heavy atom. The third-order valence-corrected chi connectivity index (χ3v) is 3.85. The van der Waals surface area contributed by atoms with E-state index in [1.807, 2.05) is 0 Å². The summed E-state index contributed by atoms with van der Waals surface area (Å²) < 4.78 is -0.126. The van der Waals surface area contributed by atoms with Gasteiger partial charge in [-0.3, -0.25) is 0 Å². The van der Waals surface area contributed by atoms with Crippen molar-refractivity contribution in [1.82, 2.24) is 0 Å². The van der Waals surface area contributed by atoms with Gasteiger partial charge >= 0.3 is 17.1 Å². The molecule has 0 aliphatic heterocycles. The van der Waals surface area contributed by atoms with Crippen LogP contribution < -0.4 is 5.30 Å². The second kappa shape index (κ2) is 5.56. The molecular formula is C11H17CuPS+. The molecule has 0 nitrogen and oxygen atoms in total. The van der Waals surface area contributed by atoms with Crippen LogP contribution in [0.3, 0.4) is 0 Å².